The number of halogens is 2. The van der Waals surface area contributed by atoms with Crippen LogP contribution in [0.5, 0.6) is 0 Å². The molecule has 0 N–H and O–H groups in total. The normalized spacial score (nSPS) is 15.2. The lowest BCUT2D eigenvalue weighted by atomic mass is 10.1. The molecule has 1 aliphatic rings. The minimum atomic E-state index is -0.162. The van der Waals surface area contributed by atoms with Gasteiger partial charge in [-0.3, -0.25) is 9.69 Å². The highest BCUT2D eigenvalue weighted by molar-refractivity contribution is 9.10. The summed E-state index contributed by atoms with van der Waals surface area (Å²) < 4.78 is 0.881. The zero-order chi connectivity index (χ0) is 19.7. The summed E-state index contributed by atoms with van der Waals surface area (Å²) in [6.45, 7) is 2.02. The van der Waals surface area contributed by atoms with Gasteiger partial charge in [0.25, 0.3) is 5.91 Å². The van der Waals surface area contributed by atoms with Crippen LogP contribution in [0.25, 0.3) is 6.08 Å². The summed E-state index contributed by atoms with van der Waals surface area (Å²) in [5, 5.41) is 0.651. The molecule has 28 heavy (non-hydrogen) atoms. The maximum absolute atomic E-state index is 13.3. The van der Waals surface area contributed by atoms with Gasteiger partial charge in [0.2, 0.25) is 0 Å². The average Bonchev–Trinajstić information content (AvgIpc) is 3.01. The van der Waals surface area contributed by atoms with Crippen molar-refractivity contribution in [1.82, 2.24) is 0 Å². The van der Waals surface area contributed by atoms with Crippen molar-refractivity contribution in [1.29, 1.82) is 0 Å². The van der Waals surface area contributed by atoms with Crippen LogP contribution < -0.4 is 4.90 Å². The first-order valence-corrected chi connectivity index (χ1v) is 9.92. The number of hydrogen-bond donors (Lipinski definition) is 0. The topological polar surface area (TPSA) is 32.7 Å². The summed E-state index contributed by atoms with van der Waals surface area (Å²) in [6.07, 6.45) is 1.78. The second-order valence-corrected chi connectivity index (χ2v) is 7.76. The number of carbonyl (C=O) groups excluding carboxylic acids is 1. The molecular formula is C23H16BrClN2O. The highest BCUT2D eigenvalue weighted by Gasteiger charge is 2.33. The van der Waals surface area contributed by atoms with E-state index < -0.39 is 0 Å². The van der Waals surface area contributed by atoms with Gasteiger partial charge in [0.05, 0.1) is 5.69 Å². The summed E-state index contributed by atoms with van der Waals surface area (Å²) in [6, 6.07) is 22.9. The maximum Gasteiger partial charge on any atom is 0.282 e. The van der Waals surface area contributed by atoms with E-state index in [-0.39, 0.29) is 5.91 Å². The first-order valence-electron chi connectivity index (χ1n) is 8.75. The van der Waals surface area contributed by atoms with E-state index in [0.717, 1.165) is 26.9 Å². The minimum Gasteiger partial charge on any atom is -0.266 e. The SMILES string of the molecule is Cc1ccc(N2C(=O)/C(=C\c3ccc(Cl)cc3)N=C2c2ccccc2Br)cc1. The number of aliphatic imine (C=N–C) groups is 1. The molecule has 1 heterocycles. The smallest absolute Gasteiger partial charge is 0.266 e. The molecule has 0 spiro atoms. The first kappa shape index (κ1) is 18.7. The van der Waals surface area contributed by atoms with E-state index in [2.05, 4.69) is 20.9 Å². The van der Waals surface area contributed by atoms with E-state index in [4.69, 9.17) is 11.6 Å². The molecule has 4 rings (SSSR count). The van der Waals surface area contributed by atoms with Gasteiger partial charge in [-0.2, -0.15) is 0 Å². The fraction of sp³-hybridized carbons (Fsp3) is 0.0435. The van der Waals surface area contributed by atoms with Gasteiger partial charge in [-0.25, -0.2) is 4.99 Å². The second-order valence-electron chi connectivity index (χ2n) is 6.47. The second kappa shape index (κ2) is 7.74. The van der Waals surface area contributed by atoms with Crippen LogP contribution in [-0.2, 0) is 4.79 Å². The number of benzene rings is 3. The molecule has 0 saturated carbocycles. The number of amides is 1. The largest absolute Gasteiger partial charge is 0.282 e. The molecule has 0 fully saturated rings. The molecule has 138 valence electrons. The highest BCUT2D eigenvalue weighted by Crippen LogP contribution is 2.30. The molecule has 0 bridgehead atoms. The highest BCUT2D eigenvalue weighted by atomic mass is 79.9. The van der Waals surface area contributed by atoms with Crippen LogP contribution in [0, 0.1) is 6.92 Å². The van der Waals surface area contributed by atoms with Crippen molar-refractivity contribution >= 4 is 51.0 Å². The number of carbonyl (C=O) groups is 1. The van der Waals surface area contributed by atoms with Gasteiger partial charge in [-0.05, 0) is 48.9 Å². The van der Waals surface area contributed by atoms with Crippen molar-refractivity contribution in [3.63, 3.8) is 0 Å². The number of anilines is 1. The minimum absolute atomic E-state index is 0.162. The number of hydrogen-bond acceptors (Lipinski definition) is 2. The summed E-state index contributed by atoms with van der Waals surface area (Å²) in [7, 11) is 0. The van der Waals surface area contributed by atoms with Crippen molar-refractivity contribution < 1.29 is 4.79 Å². The molecule has 0 aromatic heterocycles. The third-order valence-corrected chi connectivity index (χ3v) is 5.38. The van der Waals surface area contributed by atoms with E-state index in [1.54, 1.807) is 23.1 Å². The van der Waals surface area contributed by atoms with Gasteiger partial charge >= 0.3 is 0 Å². The van der Waals surface area contributed by atoms with Crippen LogP contribution in [-0.4, -0.2) is 11.7 Å². The van der Waals surface area contributed by atoms with Crippen LogP contribution in [0.2, 0.25) is 5.02 Å². The zero-order valence-electron chi connectivity index (χ0n) is 15.1. The van der Waals surface area contributed by atoms with Crippen molar-refractivity contribution in [3.8, 4) is 0 Å². The fourth-order valence-electron chi connectivity index (χ4n) is 2.99. The lowest BCUT2D eigenvalue weighted by Crippen LogP contribution is -2.32. The van der Waals surface area contributed by atoms with Crippen molar-refractivity contribution in [2.45, 2.75) is 6.92 Å². The Morgan fingerprint density at radius 3 is 2.32 bits per heavy atom. The van der Waals surface area contributed by atoms with Crippen LogP contribution in [0.1, 0.15) is 16.7 Å². The molecular weight excluding hydrogens is 436 g/mol. The summed E-state index contributed by atoms with van der Waals surface area (Å²) >= 11 is 9.54. The first-order chi connectivity index (χ1) is 13.5. The quantitative estimate of drug-likeness (QED) is 0.433. The van der Waals surface area contributed by atoms with Gasteiger partial charge in [-0.1, -0.05) is 75.6 Å². The fourth-order valence-corrected chi connectivity index (χ4v) is 3.58. The van der Waals surface area contributed by atoms with Crippen molar-refractivity contribution in [2.24, 2.45) is 4.99 Å². The van der Waals surface area contributed by atoms with Gasteiger partial charge in [-0.15, -0.1) is 0 Å². The summed E-state index contributed by atoms with van der Waals surface area (Å²) in [5.74, 6) is 0.436. The molecule has 0 saturated heterocycles. The Hall–Kier alpha value is -2.69. The molecule has 0 atom stereocenters. The van der Waals surface area contributed by atoms with Crippen LogP contribution in [0.3, 0.4) is 0 Å². The molecule has 3 aromatic carbocycles. The van der Waals surface area contributed by atoms with E-state index in [1.807, 2.05) is 67.6 Å². The van der Waals surface area contributed by atoms with E-state index in [0.29, 0.717) is 16.6 Å². The molecule has 3 aromatic rings. The molecule has 3 nitrogen and oxygen atoms in total. The molecule has 5 heteroatoms. The predicted octanol–water partition coefficient (Wildman–Crippen LogP) is 6.25. The summed E-state index contributed by atoms with van der Waals surface area (Å²) in [5.41, 5.74) is 4.02. The summed E-state index contributed by atoms with van der Waals surface area (Å²) in [4.78, 5) is 19.6. The van der Waals surface area contributed by atoms with E-state index in [9.17, 15) is 4.79 Å². The third kappa shape index (κ3) is 3.66. The van der Waals surface area contributed by atoms with Crippen molar-refractivity contribution in [2.75, 3.05) is 4.90 Å². The van der Waals surface area contributed by atoms with Crippen molar-refractivity contribution in [3.05, 3.63) is 105 Å². The number of aryl methyl sites for hydroxylation is 1. The van der Waals surface area contributed by atoms with E-state index in [1.165, 1.54) is 0 Å². The third-order valence-electron chi connectivity index (χ3n) is 4.44. The van der Waals surface area contributed by atoms with Gasteiger partial charge in [0.15, 0.2) is 0 Å². The Labute approximate surface area is 177 Å². The molecule has 0 aliphatic carbocycles. The lowest BCUT2D eigenvalue weighted by molar-refractivity contribution is -0.113. The molecule has 0 unspecified atom stereocenters. The lowest BCUT2D eigenvalue weighted by Gasteiger charge is -2.19. The maximum atomic E-state index is 13.3. The zero-order valence-corrected chi connectivity index (χ0v) is 17.4. The monoisotopic (exact) mass is 450 g/mol. The Morgan fingerprint density at radius 2 is 1.64 bits per heavy atom. The average molecular weight is 452 g/mol. The molecule has 1 amide bonds. The standard InChI is InChI=1S/C23H16BrClN2O/c1-15-6-12-18(13-7-15)27-22(19-4-2-3-5-20(19)24)26-21(23(27)28)14-16-8-10-17(25)11-9-16/h2-14H,1H3/b21-14+. The van der Waals surface area contributed by atoms with Gasteiger partial charge in [0, 0.05) is 15.1 Å². The predicted molar refractivity (Wildman–Crippen MR) is 119 cm³/mol. The van der Waals surface area contributed by atoms with Gasteiger partial charge < -0.3 is 0 Å². The van der Waals surface area contributed by atoms with Crippen LogP contribution in [0.15, 0.2) is 88.0 Å². The Balaban J connectivity index is 1.84. The number of rotatable bonds is 3. The number of amidine groups is 1. The Bertz CT molecular complexity index is 1100. The number of nitrogens with zero attached hydrogens (tertiary/aromatic N) is 2. The Kier molecular flexibility index (Phi) is 5.16. The van der Waals surface area contributed by atoms with E-state index >= 15 is 0 Å². The van der Waals surface area contributed by atoms with Crippen LogP contribution in [0.4, 0.5) is 5.69 Å². The molecule has 0 radical (unpaired) electrons. The van der Waals surface area contributed by atoms with Gasteiger partial charge in [0.1, 0.15) is 11.5 Å². The molecule has 1 aliphatic heterocycles. The Morgan fingerprint density at radius 1 is 0.964 bits per heavy atom. The van der Waals surface area contributed by atoms with Crippen LogP contribution >= 0.6 is 27.5 Å².